The van der Waals surface area contributed by atoms with Crippen molar-refractivity contribution in [3.05, 3.63) is 64.7 Å². The first-order chi connectivity index (χ1) is 13.7. The molecule has 0 heterocycles. The molecule has 0 aliphatic heterocycles. The Balaban J connectivity index is 2.20. The second kappa shape index (κ2) is 10.1. The first kappa shape index (κ1) is 22.5. The molecule has 0 aliphatic carbocycles. The van der Waals surface area contributed by atoms with Gasteiger partial charge in [-0.05, 0) is 69.9 Å². The molecule has 2 aromatic rings. The zero-order chi connectivity index (χ0) is 21.6. The first-order valence-electron chi connectivity index (χ1n) is 10.0. The van der Waals surface area contributed by atoms with E-state index in [1.165, 1.54) is 0 Å². The molecule has 5 heteroatoms. The average molecular weight is 397 g/mol. The van der Waals surface area contributed by atoms with E-state index in [0.717, 1.165) is 22.3 Å². The van der Waals surface area contributed by atoms with Gasteiger partial charge < -0.3 is 15.0 Å². The van der Waals surface area contributed by atoms with E-state index in [4.69, 9.17) is 4.74 Å². The van der Waals surface area contributed by atoms with Gasteiger partial charge in [-0.1, -0.05) is 36.4 Å². The van der Waals surface area contributed by atoms with Crippen LogP contribution < -0.4 is 10.1 Å². The van der Waals surface area contributed by atoms with Gasteiger partial charge in [-0.25, -0.2) is 0 Å². The monoisotopic (exact) mass is 396 g/mol. The number of benzene rings is 2. The first-order valence-corrected chi connectivity index (χ1v) is 10.0. The Labute approximate surface area is 174 Å². The molecule has 0 saturated heterocycles. The smallest absolute Gasteiger partial charge is 0.261 e. The van der Waals surface area contributed by atoms with Crippen LogP contribution in [-0.4, -0.2) is 35.4 Å². The van der Waals surface area contributed by atoms with Gasteiger partial charge in [0.15, 0.2) is 6.61 Å². The Bertz CT molecular complexity index is 861. The van der Waals surface area contributed by atoms with Crippen molar-refractivity contribution < 1.29 is 14.3 Å². The lowest BCUT2D eigenvalue weighted by Gasteiger charge is -2.30. The van der Waals surface area contributed by atoms with Crippen LogP contribution in [0.4, 0.5) is 0 Å². The van der Waals surface area contributed by atoms with Crippen molar-refractivity contribution in [3.8, 4) is 5.75 Å². The van der Waals surface area contributed by atoms with E-state index in [1.54, 1.807) is 11.8 Å². The summed E-state index contributed by atoms with van der Waals surface area (Å²) in [6, 6.07) is 13.2. The van der Waals surface area contributed by atoms with E-state index < -0.39 is 6.04 Å². The van der Waals surface area contributed by atoms with Crippen LogP contribution in [0.1, 0.15) is 43.0 Å². The lowest BCUT2D eigenvalue weighted by atomic mass is 10.1. The molecule has 0 fully saturated rings. The molecule has 0 aromatic heterocycles. The van der Waals surface area contributed by atoms with Crippen LogP contribution in [0.3, 0.4) is 0 Å². The Morgan fingerprint density at radius 2 is 1.69 bits per heavy atom. The second-order valence-electron chi connectivity index (χ2n) is 7.85. The number of nitrogens with one attached hydrogen (secondary N) is 1. The summed E-state index contributed by atoms with van der Waals surface area (Å²) in [5, 5.41) is 2.89. The summed E-state index contributed by atoms with van der Waals surface area (Å²) in [7, 11) is 0. The summed E-state index contributed by atoms with van der Waals surface area (Å²) >= 11 is 0. The van der Waals surface area contributed by atoms with E-state index >= 15 is 0 Å². The fraction of sp³-hybridized carbons (Fsp3) is 0.417. The van der Waals surface area contributed by atoms with Gasteiger partial charge in [0.25, 0.3) is 5.91 Å². The van der Waals surface area contributed by atoms with Gasteiger partial charge in [0.1, 0.15) is 11.8 Å². The molecule has 0 bridgehead atoms. The van der Waals surface area contributed by atoms with Gasteiger partial charge in [-0.3, -0.25) is 9.59 Å². The Morgan fingerprint density at radius 3 is 2.34 bits per heavy atom. The predicted octanol–water partition coefficient (Wildman–Crippen LogP) is 3.93. The molecule has 1 N–H and O–H groups in total. The molecular weight excluding hydrogens is 364 g/mol. The highest BCUT2D eigenvalue weighted by Crippen LogP contribution is 2.20. The minimum atomic E-state index is -0.605. The molecule has 2 amide bonds. The van der Waals surface area contributed by atoms with Crippen molar-refractivity contribution in [1.82, 2.24) is 10.2 Å². The third kappa shape index (κ3) is 6.34. The van der Waals surface area contributed by atoms with E-state index in [1.807, 2.05) is 77.1 Å². The lowest BCUT2D eigenvalue weighted by molar-refractivity contribution is -0.142. The standard InChI is InChI=1S/C24H32N2O3/c1-16(2)25-24(28)20(6)26(14-21-10-8-7-9-18(21)4)23(27)15-29-22-13-17(3)11-12-19(22)5/h7-13,16,20H,14-15H2,1-6H3,(H,25,28). The molecule has 2 aromatic carbocycles. The van der Waals surface area contributed by atoms with E-state index in [0.29, 0.717) is 12.3 Å². The van der Waals surface area contributed by atoms with Crippen LogP contribution in [0.15, 0.2) is 42.5 Å². The Morgan fingerprint density at radius 1 is 1.00 bits per heavy atom. The molecule has 5 nitrogen and oxygen atoms in total. The number of aryl methyl sites for hydroxylation is 3. The number of hydrogen-bond acceptors (Lipinski definition) is 3. The number of hydrogen-bond donors (Lipinski definition) is 1. The maximum atomic E-state index is 13.1. The maximum Gasteiger partial charge on any atom is 0.261 e. The van der Waals surface area contributed by atoms with E-state index in [2.05, 4.69) is 5.32 Å². The highest BCUT2D eigenvalue weighted by molar-refractivity contribution is 5.88. The number of carbonyl (C=O) groups is 2. The second-order valence-corrected chi connectivity index (χ2v) is 7.85. The summed E-state index contributed by atoms with van der Waals surface area (Å²) in [5.41, 5.74) is 4.13. The Kier molecular flexibility index (Phi) is 7.82. The van der Waals surface area contributed by atoms with Gasteiger partial charge in [0.2, 0.25) is 5.91 Å². The predicted molar refractivity (Wildman–Crippen MR) is 116 cm³/mol. The number of nitrogens with zero attached hydrogens (tertiary/aromatic N) is 1. The van der Waals surface area contributed by atoms with Crippen LogP contribution >= 0.6 is 0 Å². The fourth-order valence-electron chi connectivity index (χ4n) is 3.04. The molecule has 0 saturated carbocycles. The van der Waals surface area contributed by atoms with Crippen LogP contribution in [0.5, 0.6) is 5.75 Å². The third-order valence-corrected chi connectivity index (χ3v) is 4.89. The van der Waals surface area contributed by atoms with Crippen molar-refractivity contribution >= 4 is 11.8 Å². The minimum Gasteiger partial charge on any atom is -0.483 e. The third-order valence-electron chi connectivity index (χ3n) is 4.89. The zero-order valence-corrected chi connectivity index (χ0v) is 18.3. The molecule has 1 atom stereocenters. The largest absolute Gasteiger partial charge is 0.483 e. The average Bonchev–Trinajstić information content (AvgIpc) is 2.66. The normalized spacial score (nSPS) is 11.8. The zero-order valence-electron chi connectivity index (χ0n) is 18.3. The van der Waals surface area contributed by atoms with Crippen LogP contribution in [0.2, 0.25) is 0 Å². The topological polar surface area (TPSA) is 58.6 Å². The number of carbonyl (C=O) groups excluding carboxylic acids is 2. The molecule has 0 radical (unpaired) electrons. The SMILES string of the molecule is Cc1ccc(C)c(OCC(=O)N(Cc2ccccc2C)C(C)C(=O)NC(C)C)c1. The van der Waals surface area contributed by atoms with Crippen molar-refractivity contribution in [2.45, 2.75) is 60.2 Å². The summed E-state index contributed by atoms with van der Waals surface area (Å²) in [4.78, 5) is 27.3. The molecule has 1 unspecified atom stereocenters. The van der Waals surface area contributed by atoms with Crippen LogP contribution in [0, 0.1) is 20.8 Å². The Hall–Kier alpha value is -2.82. The molecule has 29 heavy (non-hydrogen) atoms. The maximum absolute atomic E-state index is 13.1. The van der Waals surface area contributed by atoms with Gasteiger partial charge in [-0.2, -0.15) is 0 Å². The van der Waals surface area contributed by atoms with E-state index in [9.17, 15) is 9.59 Å². The van der Waals surface area contributed by atoms with Gasteiger partial charge >= 0.3 is 0 Å². The van der Waals surface area contributed by atoms with Gasteiger partial charge in [-0.15, -0.1) is 0 Å². The molecule has 156 valence electrons. The van der Waals surface area contributed by atoms with Crippen molar-refractivity contribution in [2.24, 2.45) is 0 Å². The van der Waals surface area contributed by atoms with Crippen molar-refractivity contribution in [3.63, 3.8) is 0 Å². The van der Waals surface area contributed by atoms with Crippen LogP contribution in [-0.2, 0) is 16.1 Å². The van der Waals surface area contributed by atoms with Crippen molar-refractivity contribution in [2.75, 3.05) is 6.61 Å². The number of rotatable bonds is 8. The lowest BCUT2D eigenvalue weighted by Crippen LogP contribution is -2.50. The van der Waals surface area contributed by atoms with Gasteiger partial charge in [0, 0.05) is 12.6 Å². The molecule has 0 aliphatic rings. The molecule has 2 rings (SSSR count). The highest BCUT2D eigenvalue weighted by atomic mass is 16.5. The summed E-state index contributed by atoms with van der Waals surface area (Å²) in [6.07, 6.45) is 0. The number of amides is 2. The minimum absolute atomic E-state index is 0.00607. The quantitative estimate of drug-likeness (QED) is 0.735. The fourth-order valence-corrected chi connectivity index (χ4v) is 3.04. The van der Waals surface area contributed by atoms with Crippen LogP contribution in [0.25, 0.3) is 0 Å². The van der Waals surface area contributed by atoms with Gasteiger partial charge in [0.05, 0.1) is 0 Å². The summed E-state index contributed by atoms with van der Waals surface area (Å²) < 4.78 is 5.82. The highest BCUT2D eigenvalue weighted by Gasteiger charge is 2.27. The number of ether oxygens (including phenoxy) is 1. The van der Waals surface area contributed by atoms with Crippen molar-refractivity contribution in [1.29, 1.82) is 0 Å². The summed E-state index contributed by atoms with van der Waals surface area (Å²) in [5.74, 6) is 0.294. The van der Waals surface area contributed by atoms with E-state index in [-0.39, 0.29) is 24.5 Å². The molecular formula is C24H32N2O3. The molecule has 0 spiro atoms. The summed E-state index contributed by atoms with van der Waals surface area (Å²) in [6.45, 7) is 11.7.